The molecule has 3 aliphatic rings. The van der Waals surface area contributed by atoms with Crippen LogP contribution in [0.4, 0.5) is 16.2 Å². The van der Waals surface area contributed by atoms with Gasteiger partial charge in [-0.1, -0.05) is 11.6 Å². The van der Waals surface area contributed by atoms with E-state index in [-0.39, 0.29) is 12.9 Å². The van der Waals surface area contributed by atoms with Gasteiger partial charge in [0.2, 0.25) is 6.79 Å². The minimum absolute atomic E-state index is 0.247. The van der Waals surface area contributed by atoms with Crippen molar-refractivity contribution < 1.29 is 28.7 Å². The van der Waals surface area contributed by atoms with Crippen LogP contribution in [0.5, 0.6) is 11.5 Å². The topological polar surface area (TPSA) is 72.9 Å². The number of piperidine rings is 1. The Hall–Kier alpha value is -3.24. The number of rotatable bonds is 7. The smallest absolute Gasteiger partial charge is 0.415 e. The van der Waals surface area contributed by atoms with E-state index in [1.54, 1.807) is 12.0 Å². The molecule has 9 nitrogen and oxygen atoms in total. The van der Waals surface area contributed by atoms with Gasteiger partial charge in [0.25, 0.3) is 0 Å². The molecule has 6 rings (SSSR count). The highest BCUT2D eigenvalue weighted by atomic mass is 35.5. The van der Waals surface area contributed by atoms with Crippen LogP contribution >= 0.6 is 11.6 Å². The summed E-state index contributed by atoms with van der Waals surface area (Å²) in [5, 5.41) is 3.87. The molecule has 0 N–H and O–H groups in total. The monoisotopic (exact) mass is 539 g/mol. The van der Waals surface area contributed by atoms with E-state index in [0.717, 1.165) is 71.7 Å². The number of hydrogen-bond donors (Lipinski definition) is 0. The van der Waals surface area contributed by atoms with E-state index in [2.05, 4.69) is 17.0 Å². The van der Waals surface area contributed by atoms with E-state index in [0.29, 0.717) is 18.2 Å². The highest BCUT2D eigenvalue weighted by Crippen LogP contribution is 2.39. The molecule has 0 aromatic heterocycles. The average molecular weight is 540 g/mol. The molecule has 10 heteroatoms. The maximum atomic E-state index is 12.8. The van der Waals surface area contributed by atoms with Crippen LogP contribution in [-0.2, 0) is 21.0 Å². The third kappa shape index (κ3) is 4.71. The SMILES string of the molecule is CCOc1cc(CN2CCC3(CC2)CN(c2ccc(N4OCO4)cc2)C(=O)O3)cc2c(OC)cc(Cl)cc12. The normalized spacial score (nSPS) is 19.1. The van der Waals surface area contributed by atoms with Crippen LogP contribution in [0.15, 0.2) is 48.5 Å². The third-order valence-corrected chi connectivity index (χ3v) is 7.61. The summed E-state index contributed by atoms with van der Waals surface area (Å²) in [4.78, 5) is 27.3. The highest BCUT2D eigenvalue weighted by Gasteiger charge is 2.47. The molecule has 3 heterocycles. The maximum absolute atomic E-state index is 12.8. The molecule has 0 unspecified atom stereocenters. The number of methoxy groups -OCH3 is 1. The number of carbonyl (C=O) groups is 1. The predicted molar refractivity (Wildman–Crippen MR) is 144 cm³/mol. The second kappa shape index (κ2) is 10.1. The quantitative estimate of drug-likeness (QED) is 0.388. The van der Waals surface area contributed by atoms with E-state index in [1.165, 1.54) is 5.23 Å². The molecule has 1 spiro atoms. The fourth-order valence-corrected chi connectivity index (χ4v) is 5.63. The standard InChI is InChI=1S/C28H30ClN3O6/c1-3-35-26-13-19(12-23-24(26)14-20(29)15-25(23)34-2)16-30-10-8-28(9-11-30)17-31(27(33)38-28)21-4-6-22(7-5-21)32-36-18-37-32/h4-7,12-15H,3,8-11,16-18H2,1-2H3. The molecular weight excluding hydrogens is 510 g/mol. The second-order valence-corrected chi connectivity index (χ2v) is 10.2. The molecule has 0 bridgehead atoms. The largest absolute Gasteiger partial charge is 0.496 e. The number of nitrogens with zero attached hydrogens (tertiary/aromatic N) is 3. The Bertz CT molecular complexity index is 1340. The van der Waals surface area contributed by atoms with Crippen LogP contribution in [0.3, 0.4) is 0 Å². The van der Waals surface area contributed by atoms with Crippen LogP contribution in [0.25, 0.3) is 10.8 Å². The summed E-state index contributed by atoms with van der Waals surface area (Å²) >= 11 is 6.32. The average Bonchev–Trinajstić information content (AvgIpc) is 3.20. The highest BCUT2D eigenvalue weighted by molar-refractivity contribution is 6.31. The Balaban J connectivity index is 1.14. The zero-order valence-corrected chi connectivity index (χ0v) is 22.2. The van der Waals surface area contributed by atoms with Gasteiger partial charge in [0.05, 0.1) is 25.9 Å². The van der Waals surface area contributed by atoms with Crippen molar-refractivity contribution in [2.45, 2.75) is 31.9 Å². The van der Waals surface area contributed by atoms with E-state index >= 15 is 0 Å². The number of likely N-dealkylation sites (tertiary alicyclic amines) is 1. The van der Waals surface area contributed by atoms with Crippen molar-refractivity contribution in [1.29, 1.82) is 0 Å². The number of carbonyl (C=O) groups excluding carboxylic acids is 1. The lowest BCUT2D eigenvalue weighted by atomic mass is 9.91. The minimum Gasteiger partial charge on any atom is -0.496 e. The molecule has 38 heavy (non-hydrogen) atoms. The number of ether oxygens (including phenoxy) is 3. The van der Waals surface area contributed by atoms with E-state index < -0.39 is 5.60 Å². The van der Waals surface area contributed by atoms with Crippen LogP contribution in [0.2, 0.25) is 5.02 Å². The van der Waals surface area contributed by atoms with Gasteiger partial charge >= 0.3 is 6.09 Å². The lowest BCUT2D eigenvalue weighted by molar-refractivity contribution is -0.277. The number of fused-ring (bicyclic) bond motifs is 1. The molecule has 0 saturated carbocycles. The fraction of sp³-hybridized carbons (Fsp3) is 0.393. The van der Waals surface area contributed by atoms with Crippen LogP contribution in [0, 0.1) is 0 Å². The first-order valence-electron chi connectivity index (χ1n) is 12.8. The van der Waals surface area contributed by atoms with Crippen LogP contribution in [0.1, 0.15) is 25.3 Å². The van der Waals surface area contributed by atoms with E-state index in [1.807, 2.05) is 43.3 Å². The van der Waals surface area contributed by atoms with Crippen molar-refractivity contribution in [2.75, 3.05) is 50.3 Å². The molecular formula is C28H30ClN3O6. The van der Waals surface area contributed by atoms with Crippen molar-refractivity contribution in [3.8, 4) is 11.5 Å². The summed E-state index contributed by atoms with van der Waals surface area (Å²) in [6, 6.07) is 15.5. The summed E-state index contributed by atoms with van der Waals surface area (Å²) in [5.41, 5.74) is 2.23. The summed E-state index contributed by atoms with van der Waals surface area (Å²) < 4.78 is 17.5. The molecule has 3 fully saturated rings. The first-order chi connectivity index (χ1) is 18.5. The summed E-state index contributed by atoms with van der Waals surface area (Å²) in [6.45, 7) is 5.73. The molecule has 0 aliphatic carbocycles. The van der Waals surface area contributed by atoms with Crippen molar-refractivity contribution in [1.82, 2.24) is 4.90 Å². The van der Waals surface area contributed by atoms with Gasteiger partial charge in [-0.2, -0.15) is 0 Å². The number of halogens is 1. The predicted octanol–water partition coefficient (Wildman–Crippen LogP) is 5.53. The van der Waals surface area contributed by atoms with Gasteiger partial charge in [0.1, 0.15) is 17.1 Å². The van der Waals surface area contributed by atoms with Crippen molar-refractivity contribution in [2.24, 2.45) is 0 Å². The molecule has 0 radical (unpaired) electrons. The van der Waals surface area contributed by atoms with Gasteiger partial charge in [-0.15, -0.1) is 5.23 Å². The Labute approximate surface area is 226 Å². The first kappa shape index (κ1) is 25.1. The van der Waals surface area contributed by atoms with Crippen LogP contribution in [-0.4, -0.2) is 56.7 Å². The van der Waals surface area contributed by atoms with E-state index in [4.69, 9.17) is 35.5 Å². The zero-order chi connectivity index (χ0) is 26.3. The summed E-state index contributed by atoms with van der Waals surface area (Å²) in [5.74, 6) is 1.52. The minimum atomic E-state index is -0.476. The lowest BCUT2D eigenvalue weighted by Gasteiger charge is -2.37. The molecule has 3 saturated heterocycles. The molecule has 3 aromatic carbocycles. The van der Waals surface area contributed by atoms with Crippen LogP contribution < -0.4 is 19.6 Å². The first-order valence-corrected chi connectivity index (χ1v) is 13.2. The second-order valence-electron chi connectivity index (χ2n) is 9.79. The molecule has 1 amide bonds. The van der Waals surface area contributed by atoms with Gasteiger partial charge < -0.3 is 14.2 Å². The zero-order valence-electron chi connectivity index (χ0n) is 21.4. The number of benzene rings is 3. The van der Waals surface area contributed by atoms with Crippen molar-refractivity contribution in [3.63, 3.8) is 0 Å². The summed E-state index contributed by atoms with van der Waals surface area (Å²) in [7, 11) is 1.65. The van der Waals surface area contributed by atoms with Crippen molar-refractivity contribution in [3.05, 3.63) is 59.1 Å². The van der Waals surface area contributed by atoms with Gasteiger partial charge in [0, 0.05) is 54.0 Å². The Kier molecular flexibility index (Phi) is 6.69. The van der Waals surface area contributed by atoms with Crippen molar-refractivity contribution >= 4 is 39.8 Å². The molecule has 3 aliphatic heterocycles. The fourth-order valence-electron chi connectivity index (χ4n) is 5.42. The Morgan fingerprint density at radius 1 is 0.974 bits per heavy atom. The molecule has 0 atom stereocenters. The number of amides is 1. The lowest BCUT2D eigenvalue weighted by Crippen LogP contribution is -2.46. The Morgan fingerprint density at radius 2 is 1.68 bits per heavy atom. The van der Waals surface area contributed by atoms with Gasteiger partial charge in [-0.25, -0.2) is 14.5 Å². The number of hydrogen-bond acceptors (Lipinski definition) is 8. The molecule has 3 aromatic rings. The maximum Gasteiger partial charge on any atom is 0.415 e. The summed E-state index contributed by atoms with van der Waals surface area (Å²) in [6.07, 6.45) is 1.24. The number of anilines is 2. The third-order valence-electron chi connectivity index (χ3n) is 7.39. The molecule has 200 valence electrons. The van der Waals surface area contributed by atoms with Gasteiger partial charge in [-0.3, -0.25) is 9.80 Å². The Morgan fingerprint density at radius 3 is 2.34 bits per heavy atom. The van der Waals surface area contributed by atoms with Gasteiger partial charge in [0.15, 0.2) is 0 Å². The van der Waals surface area contributed by atoms with E-state index in [9.17, 15) is 4.79 Å². The van der Waals surface area contributed by atoms with Gasteiger partial charge in [-0.05, 0) is 61.0 Å².